The van der Waals surface area contributed by atoms with Crippen molar-refractivity contribution in [2.75, 3.05) is 6.54 Å². The average Bonchev–Trinajstić information content (AvgIpc) is 2.91. The maximum Gasteiger partial charge on any atom is 0.335 e. The molecule has 2 aromatic carbocycles. The molecule has 1 fully saturated rings. The summed E-state index contributed by atoms with van der Waals surface area (Å²) >= 11 is 0. The molecular weight excluding hydrogens is 374 g/mol. The molecule has 4 amide bonds. The van der Waals surface area contributed by atoms with Gasteiger partial charge in [0, 0.05) is 6.54 Å². The van der Waals surface area contributed by atoms with E-state index in [2.05, 4.69) is 10.6 Å². The highest BCUT2D eigenvalue weighted by Gasteiger charge is 2.49. The van der Waals surface area contributed by atoms with E-state index in [4.69, 9.17) is 5.11 Å². The molecule has 0 radical (unpaired) electrons. The Labute approximate surface area is 167 Å². The lowest BCUT2D eigenvalue weighted by Gasteiger charge is -2.22. The van der Waals surface area contributed by atoms with Gasteiger partial charge < -0.3 is 15.7 Å². The predicted octanol–water partition coefficient (Wildman–Crippen LogP) is 1.78. The van der Waals surface area contributed by atoms with Gasteiger partial charge in [-0.1, -0.05) is 42.0 Å². The Morgan fingerprint density at radius 3 is 2.28 bits per heavy atom. The molecule has 0 spiro atoms. The summed E-state index contributed by atoms with van der Waals surface area (Å²) in [6.45, 7) is 3.28. The van der Waals surface area contributed by atoms with Gasteiger partial charge in [0.2, 0.25) is 5.91 Å². The van der Waals surface area contributed by atoms with Gasteiger partial charge in [0.25, 0.3) is 5.91 Å². The van der Waals surface area contributed by atoms with Crippen LogP contribution in [0.1, 0.15) is 34.0 Å². The summed E-state index contributed by atoms with van der Waals surface area (Å²) in [5.41, 5.74) is 1.29. The number of urea groups is 1. The molecule has 1 aliphatic rings. The number of nitrogens with one attached hydrogen (secondary N) is 2. The minimum absolute atomic E-state index is 0.148. The van der Waals surface area contributed by atoms with E-state index in [1.165, 1.54) is 12.1 Å². The minimum atomic E-state index is -1.22. The van der Waals surface area contributed by atoms with Gasteiger partial charge in [0.15, 0.2) is 0 Å². The number of imide groups is 1. The third-order valence-corrected chi connectivity index (χ3v) is 4.90. The Morgan fingerprint density at radius 1 is 1.07 bits per heavy atom. The van der Waals surface area contributed by atoms with Gasteiger partial charge in [-0.3, -0.25) is 14.5 Å². The van der Waals surface area contributed by atoms with Crippen LogP contribution in [0.25, 0.3) is 0 Å². The van der Waals surface area contributed by atoms with Crippen molar-refractivity contribution in [3.63, 3.8) is 0 Å². The quantitative estimate of drug-likeness (QED) is 0.645. The number of amides is 4. The van der Waals surface area contributed by atoms with Crippen molar-refractivity contribution in [3.05, 3.63) is 70.8 Å². The molecule has 0 unspecified atom stereocenters. The highest BCUT2D eigenvalue weighted by Crippen LogP contribution is 2.28. The van der Waals surface area contributed by atoms with Crippen LogP contribution >= 0.6 is 0 Å². The second-order valence-electron chi connectivity index (χ2n) is 7.09. The van der Waals surface area contributed by atoms with Gasteiger partial charge in [-0.05, 0) is 37.1 Å². The summed E-state index contributed by atoms with van der Waals surface area (Å²) in [5.74, 6) is -2.02. The number of carboxylic acid groups (broad SMARTS) is 1. The number of carbonyl (C=O) groups excluding carboxylic acids is 3. The number of hydrogen-bond acceptors (Lipinski definition) is 4. The molecule has 3 N–H and O–H groups in total. The van der Waals surface area contributed by atoms with E-state index in [1.54, 1.807) is 31.2 Å². The van der Waals surface area contributed by atoms with Crippen LogP contribution in [-0.4, -0.2) is 40.4 Å². The monoisotopic (exact) mass is 395 g/mol. The van der Waals surface area contributed by atoms with Crippen LogP contribution in [0.3, 0.4) is 0 Å². The third kappa shape index (κ3) is 4.11. The number of aryl methyl sites for hydroxylation is 1. The minimum Gasteiger partial charge on any atom is -0.478 e. The van der Waals surface area contributed by atoms with Crippen LogP contribution in [0.15, 0.2) is 48.5 Å². The van der Waals surface area contributed by atoms with Crippen molar-refractivity contribution in [1.82, 2.24) is 15.5 Å². The molecule has 1 aliphatic heterocycles. The van der Waals surface area contributed by atoms with E-state index in [0.717, 1.165) is 10.5 Å². The van der Waals surface area contributed by atoms with E-state index < -0.39 is 35.9 Å². The Balaban J connectivity index is 1.62. The largest absolute Gasteiger partial charge is 0.478 e. The van der Waals surface area contributed by atoms with Crippen LogP contribution < -0.4 is 10.6 Å². The summed E-state index contributed by atoms with van der Waals surface area (Å²) in [6, 6.07) is 12.7. The zero-order valence-corrected chi connectivity index (χ0v) is 16.1. The molecule has 1 heterocycles. The number of nitrogens with zero attached hydrogens (tertiary/aromatic N) is 1. The SMILES string of the molecule is Cc1ccc([C@@]2(C)NC(=O)N(CC(=O)NCc3ccc(C(=O)O)cc3)C2=O)cc1. The number of rotatable bonds is 6. The molecule has 150 valence electrons. The Bertz CT molecular complexity index is 969. The molecule has 1 atom stereocenters. The van der Waals surface area contributed by atoms with Crippen molar-refractivity contribution in [2.24, 2.45) is 0 Å². The third-order valence-electron chi connectivity index (χ3n) is 4.90. The number of aromatic carboxylic acids is 1. The summed E-state index contributed by atoms with van der Waals surface area (Å²) in [5, 5.41) is 14.2. The highest BCUT2D eigenvalue weighted by atomic mass is 16.4. The van der Waals surface area contributed by atoms with Gasteiger partial charge in [0.1, 0.15) is 12.1 Å². The molecule has 0 aromatic heterocycles. The highest BCUT2D eigenvalue weighted by molar-refractivity contribution is 6.09. The molecule has 1 saturated heterocycles. The molecule has 8 nitrogen and oxygen atoms in total. The summed E-state index contributed by atoms with van der Waals surface area (Å²) in [7, 11) is 0. The first-order valence-electron chi connectivity index (χ1n) is 9.01. The van der Waals surface area contributed by atoms with Crippen molar-refractivity contribution < 1.29 is 24.3 Å². The first kappa shape index (κ1) is 20.1. The standard InChI is InChI=1S/C21H21N3O5/c1-13-3-9-16(10-4-13)21(2)19(28)24(20(29)23-21)12-17(25)22-11-14-5-7-15(8-6-14)18(26)27/h3-10H,11-12H2,1-2H3,(H,22,25)(H,23,29)(H,26,27)/t21-/m1/s1. The lowest BCUT2D eigenvalue weighted by molar-refractivity contribution is -0.134. The molecule has 2 aromatic rings. The van der Waals surface area contributed by atoms with E-state index >= 15 is 0 Å². The Kier molecular flexibility index (Phi) is 5.36. The first-order valence-corrected chi connectivity index (χ1v) is 9.01. The summed E-state index contributed by atoms with van der Waals surface area (Å²) in [6.07, 6.45) is 0. The molecule has 0 aliphatic carbocycles. The van der Waals surface area contributed by atoms with Crippen LogP contribution in [0.5, 0.6) is 0 Å². The van der Waals surface area contributed by atoms with Crippen molar-refractivity contribution >= 4 is 23.8 Å². The predicted molar refractivity (Wildman–Crippen MR) is 104 cm³/mol. The summed E-state index contributed by atoms with van der Waals surface area (Å²) < 4.78 is 0. The second-order valence-corrected chi connectivity index (χ2v) is 7.09. The Hall–Kier alpha value is -3.68. The summed E-state index contributed by atoms with van der Waals surface area (Å²) in [4.78, 5) is 49.2. The maximum atomic E-state index is 12.8. The fourth-order valence-corrected chi connectivity index (χ4v) is 3.09. The molecule has 0 bridgehead atoms. The van der Waals surface area contributed by atoms with Gasteiger partial charge in [-0.15, -0.1) is 0 Å². The number of carbonyl (C=O) groups is 4. The number of hydrogen-bond donors (Lipinski definition) is 3. The van der Waals surface area contributed by atoms with Crippen molar-refractivity contribution in [2.45, 2.75) is 25.9 Å². The van der Waals surface area contributed by atoms with Crippen LogP contribution in [0, 0.1) is 6.92 Å². The normalized spacial score (nSPS) is 18.5. The van der Waals surface area contributed by atoms with Gasteiger partial charge in [-0.2, -0.15) is 0 Å². The van der Waals surface area contributed by atoms with Gasteiger partial charge in [0.05, 0.1) is 5.56 Å². The fourth-order valence-electron chi connectivity index (χ4n) is 3.09. The van der Waals surface area contributed by atoms with Crippen molar-refractivity contribution in [3.8, 4) is 0 Å². The Morgan fingerprint density at radius 2 is 1.69 bits per heavy atom. The molecule has 3 rings (SSSR count). The van der Waals surface area contributed by atoms with E-state index in [-0.39, 0.29) is 12.1 Å². The van der Waals surface area contributed by atoms with Gasteiger partial charge in [-0.25, -0.2) is 9.59 Å². The fraction of sp³-hybridized carbons (Fsp3) is 0.238. The van der Waals surface area contributed by atoms with Gasteiger partial charge >= 0.3 is 12.0 Å². The smallest absolute Gasteiger partial charge is 0.335 e. The first-order chi connectivity index (χ1) is 13.7. The molecule has 0 saturated carbocycles. The zero-order chi connectivity index (χ0) is 21.2. The van der Waals surface area contributed by atoms with Crippen LogP contribution in [0.2, 0.25) is 0 Å². The molecule has 8 heteroatoms. The van der Waals surface area contributed by atoms with Crippen molar-refractivity contribution in [1.29, 1.82) is 0 Å². The number of carboxylic acids is 1. The molecule has 29 heavy (non-hydrogen) atoms. The van der Waals surface area contributed by atoms with E-state index in [0.29, 0.717) is 11.1 Å². The maximum absolute atomic E-state index is 12.8. The van der Waals surface area contributed by atoms with Crippen LogP contribution in [-0.2, 0) is 21.7 Å². The average molecular weight is 395 g/mol. The topological polar surface area (TPSA) is 116 Å². The van der Waals surface area contributed by atoms with E-state index in [1.807, 2.05) is 19.1 Å². The lowest BCUT2D eigenvalue weighted by atomic mass is 9.91. The van der Waals surface area contributed by atoms with E-state index in [9.17, 15) is 19.2 Å². The zero-order valence-electron chi connectivity index (χ0n) is 16.1. The molecular formula is C21H21N3O5. The van der Waals surface area contributed by atoms with Crippen LogP contribution in [0.4, 0.5) is 4.79 Å². The lowest BCUT2D eigenvalue weighted by Crippen LogP contribution is -2.43. The second kappa shape index (κ2) is 7.75. The number of benzene rings is 2.